The molecule has 0 unspecified atom stereocenters. The maximum Gasteiger partial charge on any atom is 0.310 e. The van der Waals surface area contributed by atoms with Crippen LogP contribution in [0.3, 0.4) is 0 Å². The molecule has 0 spiro atoms. The zero-order valence-corrected chi connectivity index (χ0v) is 16.0. The third kappa shape index (κ3) is 6.01. The molecule has 0 aliphatic carbocycles. The van der Waals surface area contributed by atoms with E-state index in [2.05, 4.69) is 5.32 Å². The lowest BCUT2D eigenvalue weighted by Crippen LogP contribution is -2.21. The van der Waals surface area contributed by atoms with E-state index in [1.165, 1.54) is 30.3 Å². The van der Waals surface area contributed by atoms with Crippen molar-refractivity contribution in [2.75, 3.05) is 18.2 Å². The van der Waals surface area contributed by atoms with Crippen LogP contribution in [0.4, 0.5) is 5.69 Å². The van der Waals surface area contributed by atoms with Crippen molar-refractivity contribution in [1.29, 1.82) is 0 Å². The number of carbonyl (C=O) groups excluding carboxylic acids is 2. The van der Waals surface area contributed by atoms with Gasteiger partial charge in [-0.15, -0.1) is 0 Å². The van der Waals surface area contributed by atoms with Crippen LogP contribution in [-0.4, -0.2) is 33.2 Å². The molecule has 138 valence electrons. The Balaban J connectivity index is 1.85. The molecule has 26 heavy (non-hydrogen) atoms. The second-order valence-corrected chi connectivity index (χ2v) is 8.28. The fraction of sp³-hybridized carbons (Fsp3) is 0.176. The van der Waals surface area contributed by atoms with Gasteiger partial charge in [-0.3, -0.25) is 9.59 Å². The maximum absolute atomic E-state index is 11.8. The van der Waals surface area contributed by atoms with Gasteiger partial charge in [0.25, 0.3) is 5.91 Å². The molecule has 0 bridgehead atoms. The molecule has 2 aromatic rings. The molecule has 0 saturated heterocycles. The van der Waals surface area contributed by atoms with Gasteiger partial charge in [-0.1, -0.05) is 29.3 Å². The minimum atomic E-state index is -3.31. The average Bonchev–Trinajstić information content (AvgIpc) is 2.55. The normalized spacial score (nSPS) is 11.0. The largest absolute Gasteiger partial charge is 0.455 e. The predicted octanol–water partition coefficient (Wildman–Crippen LogP) is 3.12. The standard InChI is InChI=1S/C17H15Cl2NO5S/c1-26(23,24)14-6-4-13(5-7-14)20-16(21)10-25-17(22)8-11-2-3-12(18)9-15(11)19/h2-7,9H,8,10H2,1H3,(H,20,21). The summed E-state index contributed by atoms with van der Waals surface area (Å²) in [6.07, 6.45) is 0.999. The Morgan fingerprint density at radius 2 is 1.73 bits per heavy atom. The van der Waals surface area contributed by atoms with E-state index in [0.29, 0.717) is 21.3 Å². The minimum absolute atomic E-state index is 0.0909. The van der Waals surface area contributed by atoms with Crippen molar-refractivity contribution in [3.63, 3.8) is 0 Å². The number of carbonyl (C=O) groups is 2. The molecule has 0 atom stereocenters. The number of rotatable bonds is 6. The Hall–Kier alpha value is -2.09. The van der Waals surface area contributed by atoms with E-state index in [9.17, 15) is 18.0 Å². The van der Waals surface area contributed by atoms with Gasteiger partial charge < -0.3 is 10.1 Å². The summed E-state index contributed by atoms with van der Waals surface area (Å²) in [5, 5.41) is 3.29. The SMILES string of the molecule is CS(=O)(=O)c1ccc(NC(=O)COC(=O)Cc2ccc(Cl)cc2Cl)cc1. The molecule has 1 amide bonds. The third-order valence-corrected chi connectivity index (χ3v) is 5.00. The van der Waals surface area contributed by atoms with Gasteiger partial charge in [-0.25, -0.2) is 8.42 Å². The number of sulfone groups is 1. The van der Waals surface area contributed by atoms with E-state index in [4.69, 9.17) is 27.9 Å². The quantitative estimate of drug-likeness (QED) is 0.731. The van der Waals surface area contributed by atoms with Crippen LogP contribution < -0.4 is 5.32 Å². The van der Waals surface area contributed by atoms with E-state index in [1.807, 2.05) is 0 Å². The molecule has 0 aliphatic heterocycles. The second kappa shape index (κ2) is 8.53. The van der Waals surface area contributed by atoms with Crippen molar-refractivity contribution in [1.82, 2.24) is 0 Å². The first-order chi connectivity index (χ1) is 12.1. The summed E-state index contributed by atoms with van der Waals surface area (Å²) < 4.78 is 27.7. The summed E-state index contributed by atoms with van der Waals surface area (Å²) >= 11 is 11.8. The molecule has 2 aromatic carbocycles. The summed E-state index contributed by atoms with van der Waals surface area (Å²) in [6, 6.07) is 10.4. The van der Waals surface area contributed by atoms with Crippen LogP contribution in [-0.2, 0) is 30.6 Å². The number of amides is 1. The van der Waals surface area contributed by atoms with Crippen LogP contribution in [0.5, 0.6) is 0 Å². The molecule has 2 rings (SSSR count). The van der Waals surface area contributed by atoms with Gasteiger partial charge in [0.1, 0.15) is 0 Å². The van der Waals surface area contributed by atoms with Crippen molar-refractivity contribution in [3.05, 3.63) is 58.1 Å². The topological polar surface area (TPSA) is 89.5 Å². The molecule has 9 heteroatoms. The molecule has 0 aromatic heterocycles. The fourth-order valence-corrected chi connectivity index (χ4v) is 3.11. The van der Waals surface area contributed by atoms with Gasteiger partial charge in [0.05, 0.1) is 11.3 Å². The highest BCUT2D eigenvalue weighted by Gasteiger charge is 2.12. The van der Waals surface area contributed by atoms with Gasteiger partial charge in [-0.2, -0.15) is 0 Å². The summed E-state index contributed by atoms with van der Waals surface area (Å²) in [4.78, 5) is 23.8. The minimum Gasteiger partial charge on any atom is -0.455 e. The lowest BCUT2D eigenvalue weighted by molar-refractivity contribution is -0.146. The van der Waals surface area contributed by atoms with Crippen molar-refractivity contribution < 1.29 is 22.7 Å². The highest BCUT2D eigenvalue weighted by molar-refractivity contribution is 7.90. The monoisotopic (exact) mass is 415 g/mol. The van der Waals surface area contributed by atoms with Crippen LogP contribution in [0.15, 0.2) is 47.4 Å². The zero-order valence-electron chi connectivity index (χ0n) is 13.7. The lowest BCUT2D eigenvalue weighted by Gasteiger charge is -2.08. The molecular weight excluding hydrogens is 401 g/mol. The number of anilines is 1. The number of ether oxygens (including phenoxy) is 1. The van der Waals surface area contributed by atoms with Crippen molar-refractivity contribution in [2.24, 2.45) is 0 Å². The molecule has 0 radical (unpaired) electrons. The van der Waals surface area contributed by atoms with E-state index < -0.39 is 28.3 Å². The van der Waals surface area contributed by atoms with Gasteiger partial charge in [0, 0.05) is 22.0 Å². The first kappa shape index (κ1) is 20.2. The van der Waals surface area contributed by atoms with Crippen LogP contribution in [0, 0.1) is 0 Å². The van der Waals surface area contributed by atoms with Crippen LogP contribution in [0.1, 0.15) is 5.56 Å². The van der Waals surface area contributed by atoms with Crippen LogP contribution in [0.25, 0.3) is 0 Å². The highest BCUT2D eigenvalue weighted by atomic mass is 35.5. The van der Waals surface area contributed by atoms with E-state index in [1.54, 1.807) is 12.1 Å². The number of hydrogen-bond acceptors (Lipinski definition) is 5. The first-order valence-electron chi connectivity index (χ1n) is 7.34. The molecule has 0 saturated carbocycles. The molecule has 0 fully saturated rings. The van der Waals surface area contributed by atoms with E-state index >= 15 is 0 Å². The van der Waals surface area contributed by atoms with Gasteiger partial charge in [0.2, 0.25) is 0 Å². The second-order valence-electron chi connectivity index (χ2n) is 5.42. The number of esters is 1. The Labute approximate surface area is 161 Å². The smallest absolute Gasteiger partial charge is 0.310 e. The summed E-state index contributed by atoms with van der Waals surface area (Å²) in [5.41, 5.74) is 0.928. The summed E-state index contributed by atoms with van der Waals surface area (Å²) in [5.74, 6) is -1.16. The number of nitrogens with one attached hydrogen (secondary N) is 1. The van der Waals surface area contributed by atoms with Crippen LogP contribution in [0.2, 0.25) is 10.0 Å². The van der Waals surface area contributed by atoms with E-state index in [0.717, 1.165) is 6.26 Å². The average molecular weight is 416 g/mol. The number of hydrogen-bond donors (Lipinski definition) is 1. The molecule has 6 nitrogen and oxygen atoms in total. The van der Waals surface area contributed by atoms with Gasteiger partial charge in [-0.05, 0) is 42.0 Å². The highest BCUT2D eigenvalue weighted by Crippen LogP contribution is 2.21. The zero-order chi connectivity index (χ0) is 19.3. The van der Waals surface area contributed by atoms with Crippen molar-refractivity contribution >= 4 is 50.6 Å². The first-order valence-corrected chi connectivity index (χ1v) is 9.99. The number of halogens is 2. The molecule has 0 heterocycles. The lowest BCUT2D eigenvalue weighted by atomic mass is 10.1. The van der Waals surface area contributed by atoms with Crippen LogP contribution >= 0.6 is 23.2 Å². The summed E-state index contributed by atoms with van der Waals surface area (Å²) in [7, 11) is -3.31. The Kier molecular flexibility index (Phi) is 6.63. The molecule has 1 N–H and O–H groups in total. The third-order valence-electron chi connectivity index (χ3n) is 3.28. The summed E-state index contributed by atoms with van der Waals surface area (Å²) in [6.45, 7) is -0.474. The van der Waals surface area contributed by atoms with Gasteiger partial charge in [0.15, 0.2) is 16.4 Å². The predicted molar refractivity (Wildman–Crippen MR) is 99.3 cm³/mol. The molecular formula is C17H15Cl2NO5S. The van der Waals surface area contributed by atoms with Gasteiger partial charge >= 0.3 is 5.97 Å². The van der Waals surface area contributed by atoms with Crippen molar-refractivity contribution in [3.8, 4) is 0 Å². The Morgan fingerprint density at radius 1 is 1.08 bits per heavy atom. The Morgan fingerprint density at radius 3 is 2.31 bits per heavy atom. The fourth-order valence-electron chi connectivity index (χ4n) is 2.00. The molecule has 0 aliphatic rings. The number of benzene rings is 2. The van der Waals surface area contributed by atoms with Crippen molar-refractivity contribution in [2.45, 2.75) is 11.3 Å². The Bertz CT molecular complexity index is 927. The maximum atomic E-state index is 11.8. The van der Waals surface area contributed by atoms with E-state index in [-0.39, 0.29) is 11.3 Å².